The van der Waals surface area contributed by atoms with Crippen molar-refractivity contribution in [2.45, 2.75) is 83.2 Å². The summed E-state index contributed by atoms with van der Waals surface area (Å²) in [7, 11) is -1.70. The standard InChI is InChI=1S/C24H35N5O4S/c1-15(2)25-23(30)33-19-10-8-16(11-19)21-13-22(27-29(21)24(3,4)5)26-18-9-7-17-14-34(31,32)28(6)20(17)12-18/h7,9,12-13,15-16,19H,8,10-11,14H2,1-6H3,(H,25,30)(H,26,27)/t16-,19+/m0/s1. The van der Waals surface area contributed by atoms with Crippen molar-refractivity contribution in [2.75, 3.05) is 16.7 Å². The van der Waals surface area contributed by atoms with E-state index in [4.69, 9.17) is 9.84 Å². The Kier molecular flexibility index (Phi) is 6.30. The molecule has 2 aliphatic rings. The predicted octanol–water partition coefficient (Wildman–Crippen LogP) is 4.43. The van der Waals surface area contributed by atoms with Gasteiger partial charge in [0.25, 0.3) is 0 Å². The molecule has 4 rings (SSSR count). The number of nitrogens with zero attached hydrogens (tertiary/aromatic N) is 3. The van der Waals surface area contributed by atoms with Gasteiger partial charge in [-0.1, -0.05) is 6.07 Å². The highest BCUT2D eigenvalue weighted by Crippen LogP contribution is 2.40. The van der Waals surface area contributed by atoms with Gasteiger partial charge in [-0.2, -0.15) is 5.10 Å². The Balaban J connectivity index is 1.53. The fourth-order valence-electron chi connectivity index (χ4n) is 4.67. The van der Waals surface area contributed by atoms with Gasteiger partial charge in [-0.15, -0.1) is 0 Å². The number of alkyl carbamates (subject to hydrolysis) is 1. The van der Waals surface area contributed by atoms with Gasteiger partial charge in [-0.05, 0) is 71.6 Å². The molecule has 0 radical (unpaired) electrons. The Morgan fingerprint density at radius 3 is 2.62 bits per heavy atom. The van der Waals surface area contributed by atoms with E-state index in [0.29, 0.717) is 11.5 Å². The van der Waals surface area contributed by atoms with Crippen molar-refractivity contribution in [2.24, 2.45) is 0 Å². The molecule has 1 aromatic heterocycles. The number of anilines is 3. The molecule has 1 amide bonds. The van der Waals surface area contributed by atoms with Crippen LogP contribution in [-0.2, 0) is 26.1 Å². The maximum Gasteiger partial charge on any atom is 0.407 e. The van der Waals surface area contributed by atoms with Crippen LogP contribution in [0.15, 0.2) is 24.3 Å². The summed E-state index contributed by atoms with van der Waals surface area (Å²) in [4.78, 5) is 12.0. The van der Waals surface area contributed by atoms with Gasteiger partial charge in [-0.25, -0.2) is 13.2 Å². The highest BCUT2D eigenvalue weighted by Gasteiger charge is 2.34. The number of sulfonamides is 1. The molecule has 0 unspecified atom stereocenters. The number of fused-ring (bicyclic) bond motifs is 1. The first-order chi connectivity index (χ1) is 15.8. The van der Waals surface area contributed by atoms with Crippen LogP contribution in [0.1, 0.15) is 71.1 Å². The van der Waals surface area contributed by atoms with E-state index in [1.165, 1.54) is 4.31 Å². The minimum absolute atomic E-state index is 0.0298. The molecular weight excluding hydrogens is 454 g/mol. The highest BCUT2D eigenvalue weighted by molar-refractivity contribution is 7.92. The van der Waals surface area contributed by atoms with Crippen LogP contribution in [0.3, 0.4) is 0 Å². The van der Waals surface area contributed by atoms with E-state index in [9.17, 15) is 13.2 Å². The molecule has 186 valence electrons. The van der Waals surface area contributed by atoms with Crippen LogP contribution in [0.5, 0.6) is 0 Å². The monoisotopic (exact) mass is 489 g/mol. The van der Waals surface area contributed by atoms with Gasteiger partial charge in [0.2, 0.25) is 10.0 Å². The highest BCUT2D eigenvalue weighted by atomic mass is 32.2. The summed E-state index contributed by atoms with van der Waals surface area (Å²) in [6.07, 6.45) is 2.02. The van der Waals surface area contributed by atoms with Gasteiger partial charge in [0.1, 0.15) is 6.10 Å². The van der Waals surface area contributed by atoms with Crippen LogP contribution >= 0.6 is 0 Å². The molecule has 2 aromatic rings. The summed E-state index contributed by atoms with van der Waals surface area (Å²) in [5.74, 6) is 0.966. The Hall–Kier alpha value is -2.75. The molecule has 1 fully saturated rings. The van der Waals surface area contributed by atoms with Gasteiger partial charge < -0.3 is 15.4 Å². The fourth-order valence-corrected chi connectivity index (χ4v) is 5.97. The van der Waals surface area contributed by atoms with Crippen molar-refractivity contribution in [3.63, 3.8) is 0 Å². The SMILES string of the molecule is CC(C)NC(=O)O[C@@H]1CC[C@H](c2cc(Nc3ccc4c(c3)N(C)S(=O)(=O)C4)nn2C(C)(C)C)C1. The van der Waals surface area contributed by atoms with Gasteiger partial charge in [-0.3, -0.25) is 8.99 Å². The summed E-state index contributed by atoms with van der Waals surface area (Å²) in [5.41, 5.74) is 3.15. The molecule has 0 saturated heterocycles. The summed E-state index contributed by atoms with van der Waals surface area (Å²) in [5, 5.41) is 11.0. The second-order valence-corrected chi connectivity index (χ2v) is 12.6. The summed E-state index contributed by atoms with van der Waals surface area (Å²) in [6, 6.07) is 7.68. The first-order valence-corrected chi connectivity index (χ1v) is 13.4. The lowest BCUT2D eigenvalue weighted by Gasteiger charge is -2.24. The normalized spacial score (nSPS) is 21.6. The number of nitrogens with one attached hydrogen (secondary N) is 2. The Morgan fingerprint density at radius 1 is 1.21 bits per heavy atom. The lowest BCUT2D eigenvalue weighted by molar-refractivity contribution is 0.0979. The molecular formula is C24H35N5O4S. The quantitative estimate of drug-likeness (QED) is 0.644. The maximum absolute atomic E-state index is 12.2. The van der Waals surface area contributed by atoms with Crippen molar-refractivity contribution in [1.82, 2.24) is 15.1 Å². The molecule has 10 heteroatoms. The van der Waals surface area contributed by atoms with Crippen LogP contribution in [0.25, 0.3) is 0 Å². The first kappa shape index (κ1) is 24.4. The van der Waals surface area contributed by atoms with Gasteiger partial charge in [0.05, 0.1) is 17.0 Å². The fraction of sp³-hybridized carbons (Fsp3) is 0.583. The van der Waals surface area contributed by atoms with Crippen molar-refractivity contribution in [3.05, 3.63) is 35.5 Å². The lowest BCUT2D eigenvalue weighted by Crippen LogP contribution is -2.33. The third-order valence-electron chi connectivity index (χ3n) is 6.31. The molecule has 0 bridgehead atoms. The van der Waals surface area contributed by atoms with Crippen molar-refractivity contribution >= 4 is 33.3 Å². The lowest BCUT2D eigenvalue weighted by atomic mass is 10.0. The number of rotatable bonds is 5. The average Bonchev–Trinajstić information content (AvgIpc) is 3.39. The molecule has 1 saturated carbocycles. The minimum atomic E-state index is -3.28. The van der Waals surface area contributed by atoms with Gasteiger partial charge in [0, 0.05) is 36.5 Å². The predicted molar refractivity (Wildman–Crippen MR) is 133 cm³/mol. The summed E-state index contributed by atoms with van der Waals surface area (Å²) < 4.78 is 33.4. The van der Waals surface area contributed by atoms with Crippen LogP contribution in [0, 0.1) is 0 Å². The molecule has 2 N–H and O–H groups in total. The largest absolute Gasteiger partial charge is 0.446 e. The number of hydrogen-bond donors (Lipinski definition) is 2. The Morgan fingerprint density at radius 2 is 1.94 bits per heavy atom. The first-order valence-electron chi connectivity index (χ1n) is 11.8. The molecule has 2 atom stereocenters. The topological polar surface area (TPSA) is 106 Å². The number of aromatic nitrogens is 2. The molecule has 1 aliphatic heterocycles. The van der Waals surface area contributed by atoms with E-state index in [1.54, 1.807) is 7.05 Å². The van der Waals surface area contributed by atoms with E-state index in [0.717, 1.165) is 36.2 Å². The zero-order valence-electron chi connectivity index (χ0n) is 20.8. The van der Waals surface area contributed by atoms with E-state index < -0.39 is 10.0 Å². The molecule has 1 aliphatic carbocycles. The van der Waals surface area contributed by atoms with Crippen LogP contribution in [0.2, 0.25) is 0 Å². The number of hydrogen-bond acceptors (Lipinski definition) is 6. The Bertz CT molecular complexity index is 1180. The van der Waals surface area contributed by atoms with Crippen LogP contribution in [0.4, 0.5) is 22.0 Å². The van der Waals surface area contributed by atoms with Gasteiger partial charge >= 0.3 is 6.09 Å². The Labute approximate surface area is 201 Å². The zero-order valence-corrected chi connectivity index (χ0v) is 21.6. The van der Waals surface area contributed by atoms with Crippen LogP contribution < -0.4 is 14.9 Å². The van der Waals surface area contributed by atoms with Crippen molar-refractivity contribution in [1.29, 1.82) is 0 Å². The average molecular weight is 490 g/mol. The number of carbonyl (C=O) groups is 1. The second kappa shape index (κ2) is 8.79. The molecule has 2 heterocycles. The smallest absolute Gasteiger partial charge is 0.407 e. The number of ether oxygens (including phenoxy) is 1. The third kappa shape index (κ3) is 5.01. The van der Waals surface area contributed by atoms with E-state index in [2.05, 4.69) is 37.5 Å². The van der Waals surface area contributed by atoms with Crippen molar-refractivity contribution in [3.8, 4) is 0 Å². The third-order valence-corrected chi connectivity index (χ3v) is 8.01. The van der Waals surface area contributed by atoms with Crippen LogP contribution in [-0.4, -0.2) is 43.5 Å². The van der Waals surface area contributed by atoms with E-state index in [1.807, 2.05) is 36.7 Å². The second-order valence-electron chi connectivity index (χ2n) is 10.6. The molecule has 1 aromatic carbocycles. The number of amides is 1. The molecule has 9 nitrogen and oxygen atoms in total. The summed E-state index contributed by atoms with van der Waals surface area (Å²) in [6.45, 7) is 10.2. The number of carbonyl (C=O) groups excluding carboxylic acids is 1. The summed E-state index contributed by atoms with van der Waals surface area (Å²) >= 11 is 0. The van der Waals surface area contributed by atoms with E-state index >= 15 is 0 Å². The maximum atomic E-state index is 12.2. The van der Waals surface area contributed by atoms with Gasteiger partial charge in [0.15, 0.2) is 5.82 Å². The zero-order chi connectivity index (χ0) is 24.8. The van der Waals surface area contributed by atoms with E-state index in [-0.39, 0.29) is 35.4 Å². The minimum Gasteiger partial charge on any atom is -0.446 e. The van der Waals surface area contributed by atoms with Crippen molar-refractivity contribution < 1.29 is 17.9 Å². The molecule has 34 heavy (non-hydrogen) atoms. The number of benzene rings is 1. The molecule has 0 spiro atoms.